The van der Waals surface area contributed by atoms with E-state index in [1.807, 2.05) is 24.4 Å². The summed E-state index contributed by atoms with van der Waals surface area (Å²) in [4.78, 5) is 16.1. The molecule has 0 aromatic carbocycles. The maximum absolute atomic E-state index is 12.5. The first kappa shape index (κ1) is 19.2. The Bertz CT molecular complexity index is 1120. The van der Waals surface area contributed by atoms with Gasteiger partial charge in [-0.3, -0.25) is 9.20 Å². The minimum absolute atomic E-state index is 0.00278. The lowest BCUT2D eigenvalue weighted by molar-refractivity contribution is -0.116. The number of likely N-dealkylation sites (tertiary alicyclic amines) is 1. The highest BCUT2D eigenvalue weighted by Crippen LogP contribution is 2.38. The molecule has 3 aromatic rings. The number of hydrogen-bond donors (Lipinski definition) is 1. The predicted molar refractivity (Wildman–Crippen MR) is 116 cm³/mol. The van der Waals surface area contributed by atoms with E-state index >= 15 is 0 Å². The van der Waals surface area contributed by atoms with Gasteiger partial charge in [-0.25, -0.2) is 0 Å². The normalized spacial score (nSPS) is 17.2. The molecule has 0 bridgehead atoms. The van der Waals surface area contributed by atoms with E-state index in [4.69, 9.17) is 0 Å². The van der Waals surface area contributed by atoms with Crippen LogP contribution in [0.3, 0.4) is 0 Å². The molecule has 1 N–H and O–H groups in total. The van der Waals surface area contributed by atoms with E-state index in [2.05, 4.69) is 30.9 Å². The molecule has 0 atom stereocenters. The molecule has 0 saturated carbocycles. The smallest absolute Gasteiger partial charge is 0.226 e. The molecule has 154 valence electrons. The highest BCUT2D eigenvalue weighted by Gasteiger charge is 2.26. The number of carbonyl (C=O) groups is 1. The number of hydrogen-bond acceptors (Lipinski definition) is 6. The molecule has 3 aromatic heterocycles. The number of aryl methyl sites for hydroxylation is 1. The van der Waals surface area contributed by atoms with Gasteiger partial charge in [0.15, 0.2) is 5.65 Å². The lowest BCUT2D eigenvalue weighted by atomic mass is 9.96. The van der Waals surface area contributed by atoms with E-state index in [1.54, 1.807) is 11.3 Å². The average molecular weight is 421 g/mol. The Hall–Kier alpha value is -2.76. The summed E-state index contributed by atoms with van der Waals surface area (Å²) in [5.74, 6) is 1.44. The van der Waals surface area contributed by atoms with Crippen molar-refractivity contribution >= 4 is 27.9 Å². The Morgan fingerprint density at radius 1 is 1.27 bits per heavy atom. The third-order valence-electron chi connectivity index (χ3n) is 6.23. The lowest BCUT2D eigenvalue weighted by Crippen LogP contribution is -2.35. The van der Waals surface area contributed by atoms with Crippen LogP contribution in [0.1, 0.15) is 53.4 Å². The number of nitrogens with zero attached hydrogens (tertiary/aromatic N) is 5. The number of piperidine rings is 1. The molecule has 1 amide bonds. The number of nitrogens with one attached hydrogen (secondary N) is 1. The second-order valence-corrected chi connectivity index (χ2v) is 9.18. The lowest BCUT2D eigenvalue weighted by Gasteiger charge is -2.30. The van der Waals surface area contributed by atoms with E-state index in [0.29, 0.717) is 17.9 Å². The summed E-state index contributed by atoms with van der Waals surface area (Å²) >= 11 is 1.58. The number of nitriles is 1. The molecule has 0 radical (unpaired) electrons. The number of thiophene rings is 1. The maximum Gasteiger partial charge on any atom is 0.226 e. The van der Waals surface area contributed by atoms with Crippen molar-refractivity contribution < 1.29 is 4.79 Å². The number of carbonyl (C=O) groups excluding carboxylic acids is 1. The highest BCUT2D eigenvalue weighted by atomic mass is 32.1. The van der Waals surface area contributed by atoms with Gasteiger partial charge in [-0.1, -0.05) is 6.07 Å². The van der Waals surface area contributed by atoms with E-state index in [9.17, 15) is 10.1 Å². The van der Waals surface area contributed by atoms with Crippen LogP contribution in [0.15, 0.2) is 24.4 Å². The number of fused-ring (bicyclic) bond motifs is 2. The van der Waals surface area contributed by atoms with Crippen LogP contribution in [-0.2, 0) is 17.6 Å². The quantitative estimate of drug-likeness (QED) is 0.684. The molecule has 5 rings (SSSR count). The first-order chi connectivity index (χ1) is 14.7. The molecule has 1 saturated heterocycles. The van der Waals surface area contributed by atoms with Crippen LogP contribution in [0, 0.1) is 11.3 Å². The number of pyridine rings is 1. The fraction of sp³-hybridized carbons (Fsp3) is 0.455. The van der Waals surface area contributed by atoms with Crippen LogP contribution < -0.4 is 5.32 Å². The molecule has 4 heterocycles. The van der Waals surface area contributed by atoms with E-state index in [1.165, 1.54) is 4.88 Å². The van der Waals surface area contributed by atoms with Gasteiger partial charge in [0.25, 0.3) is 0 Å². The summed E-state index contributed by atoms with van der Waals surface area (Å²) in [5.41, 5.74) is 2.73. The number of anilines is 1. The fourth-order valence-electron chi connectivity index (χ4n) is 4.61. The molecule has 0 spiro atoms. The molecule has 2 aliphatic rings. The summed E-state index contributed by atoms with van der Waals surface area (Å²) < 4.78 is 2.08. The molecule has 30 heavy (non-hydrogen) atoms. The first-order valence-corrected chi connectivity index (χ1v) is 11.4. The summed E-state index contributed by atoms with van der Waals surface area (Å²) in [6, 6.07) is 8.25. The summed E-state index contributed by atoms with van der Waals surface area (Å²) in [7, 11) is 0. The largest absolute Gasteiger partial charge is 0.317 e. The average Bonchev–Trinajstić information content (AvgIpc) is 3.47. The molecule has 1 aliphatic carbocycles. The Morgan fingerprint density at radius 3 is 2.97 bits per heavy atom. The second-order valence-electron chi connectivity index (χ2n) is 8.07. The molecule has 0 unspecified atom stereocenters. The van der Waals surface area contributed by atoms with Gasteiger partial charge in [0.2, 0.25) is 5.91 Å². The molecular formula is C22H24N6OS. The molecule has 7 nitrogen and oxygen atoms in total. The van der Waals surface area contributed by atoms with Crippen molar-refractivity contribution in [1.82, 2.24) is 19.5 Å². The molecule has 1 fully saturated rings. The SMILES string of the molecule is N#Cc1c(NC(=O)CCN2CCC(c3nnc4ccccn34)CC2)sc2c1CCC2. The van der Waals surface area contributed by atoms with Crippen LogP contribution in [0.25, 0.3) is 5.65 Å². The van der Waals surface area contributed by atoms with Crippen LogP contribution in [0.4, 0.5) is 5.00 Å². The fourth-order valence-corrected chi connectivity index (χ4v) is 5.87. The summed E-state index contributed by atoms with van der Waals surface area (Å²) in [6.07, 6.45) is 7.62. The monoisotopic (exact) mass is 420 g/mol. The van der Waals surface area contributed by atoms with Crippen molar-refractivity contribution in [3.63, 3.8) is 0 Å². The standard InChI is InChI=1S/C22H24N6OS/c23-14-17-16-4-3-5-18(16)30-22(17)24-20(29)9-13-27-11-7-15(8-12-27)21-26-25-19-6-1-2-10-28(19)21/h1-2,6,10,15H,3-5,7-9,11-13H2,(H,24,29). The van der Waals surface area contributed by atoms with Crippen molar-refractivity contribution in [3.8, 4) is 6.07 Å². The third kappa shape index (κ3) is 3.59. The maximum atomic E-state index is 12.5. The van der Waals surface area contributed by atoms with Crippen molar-refractivity contribution in [2.24, 2.45) is 0 Å². The van der Waals surface area contributed by atoms with Gasteiger partial charge < -0.3 is 10.2 Å². The van der Waals surface area contributed by atoms with Crippen LogP contribution in [0.2, 0.25) is 0 Å². The minimum atomic E-state index is -0.00278. The Kier molecular flexibility index (Phi) is 5.23. The Labute approximate surface area is 179 Å². The molecular weight excluding hydrogens is 396 g/mol. The van der Waals surface area contributed by atoms with Crippen LogP contribution in [0.5, 0.6) is 0 Å². The van der Waals surface area contributed by atoms with Crippen LogP contribution >= 0.6 is 11.3 Å². The topological polar surface area (TPSA) is 86.3 Å². The van der Waals surface area contributed by atoms with E-state index in [-0.39, 0.29) is 5.91 Å². The van der Waals surface area contributed by atoms with Crippen molar-refractivity contribution in [2.75, 3.05) is 25.0 Å². The van der Waals surface area contributed by atoms with E-state index < -0.39 is 0 Å². The Morgan fingerprint density at radius 2 is 2.13 bits per heavy atom. The van der Waals surface area contributed by atoms with Gasteiger partial charge in [0.05, 0.1) is 5.56 Å². The molecule has 8 heteroatoms. The van der Waals surface area contributed by atoms with Gasteiger partial charge in [0.1, 0.15) is 16.9 Å². The van der Waals surface area contributed by atoms with Crippen molar-refractivity contribution in [3.05, 3.63) is 46.2 Å². The van der Waals surface area contributed by atoms with Gasteiger partial charge >= 0.3 is 0 Å². The zero-order valence-electron chi connectivity index (χ0n) is 16.8. The molecule has 1 aliphatic heterocycles. The van der Waals surface area contributed by atoms with Gasteiger partial charge in [-0.2, -0.15) is 5.26 Å². The van der Waals surface area contributed by atoms with Crippen molar-refractivity contribution in [2.45, 2.75) is 44.4 Å². The highest BCUT2D eigenvalue weighted by molar-refractivity contribution is 7.16. The minimum Gasteiger partial charge on any atom is -0.317 e. The van der Waals surface area contributed by atoms with Gasteiger partial charge in [-0.15, -0.1) is 21.5 Å². The number of aromatic nitrogens is 3. The first-order valence-electron chi connectivity index (χ1n) is 10.6. The van der Waals surface area contributed by atoms with Crippen molar-refractivity contribution in [1.29, 1.82) is 5.26 Å². The second kappa shape index (κ2) is 8.17. The summed E-state index contributed by atoms with van der Waals surface area (Å²) in [6.45, 7) is 2.65. The summed E-state index contributed by atoms with van der Waals surface area (Å²) in [5, 5.41) is 21.9. The predicted octanol–water partition coefficient (Wildman–Crippen LogP) is 3.36. The van der Waals surface area contributed by atoms with Crippen LogP contribution in [-0.4, -0.2) is 45.0 Å². The van der Waals surface area contributed by atoms with Gasteiger partial charge in [-0.05, 0) is 62.9 Å². The zero-order valence-corrected chi connectivity index (χ0v) is 17.6. The third-order valence-corrected chi connectivity index (χ3v) is 7.44. The van der Waals surface area contributed by atoms with Gasteiger partial charge in [0, 0.05) is 30.0 Å². The number of amides is 1. The van der Waals surface area contributed by atoms with E-state index in [0.717, 1.165) is 73.8 Å². The number of rotatable bonds is 5. The zero-order chi connectivity index (χ0) is 20.5. The Balaban J connectivity index is 1.13.